The molecule has 1 aromatic carbocycles. The van der Waals surface area contributed by atoms with Gasteiger partial charge in [-0.15, -0.1) is 10.2 Å². The van der Waals surface area contributed by atoms with Crippen molar-refractivity contribution < 1.29 is 13.5 Å². The number of rotatable bonds is 5. The summed E-state index contributed by atoms with van der Waals surface area (Å²) in [7, 11) is 0. The highest BCUT2D eigenvalue weighted by atomic mass is 79.9. The first-order chi connectivity index (χ1) is 13.1. The monoisotopic (exact) mass is 449 g/mol. The van der Waals surface area contributed by atoms with Crippen LogP contribution in [0, 0.1) is 5.82 Å². The molecule has 0 aliphatic carbocycles. The normalized spacial score (nSPS) is 10.9. The van der Waals surface area contributed by atoms with Gasteiger partial charge in [-0.2, -0.15) is 5.10 Å². The highest BCUT2D eigenvalue weighted by Gasteiger charge is 2.19. The summed E-state index contributed by atoms with van der Waals surface area (Å²) in [6.45, 7) is 0.0400. The highest BCUT2D eigenvalue weighted by molar-refractivity contribution is 9.10. The van der Waals surface area contributed by atoms with E-state index < -0.39 is 0 Å². The van der Waals surface area contributed by atoms with E-state index in [2.05, 4.69) is 36.2 Å². The fourth-order valence-electron chi connectivity index (χ4n) is 2.29. The van der Waals surface area contributed by atoms with Crippen LogP contribution in [0.4, 0.5) is 4.39 Å². The second-order valence-corrected chi connectivity index (χ2v) is 6.54. The van der Waals surface area contributed by atoms with Gasteiger partial charge in [-0.05, 0) is 52.3 Å². The third-order valence-electron chi connectivity index (χ3n) is 3.48. The lowest BCUT2D eigenvalue weighted by Crippen LogP contribution is -2.02. The first kappa shape index (κ1) is 17.6. The Balaban J connectivity index is 1.58. The number of pyridine rings is 1. The Morgan fingerprint density at radius 1 is 1.19 bits per heavy atom. The van der Waals surface area contributed by atoms with E-state index in [1.54, 1.807) is 24.4 Å². The molecule has 0 unspecified atom stereocenters. The van der Waals surface area contributed by atoms with Crippen LogP contribution in [-0.2, 0) is 6.61 Å². The summed E-state index contributed by atoms with van der Waals surface area (Å²) in [6.07, 6.45) is 1.61. The van der Waals surface area contributed by atoms with Crippen molar-refractivity contribution in [3.8, 4) is 23.2 Å². The molecule has 0 saturated heterocycles. The molecular formula is C17H10BrClFN5O2. The minimum absolute atomic E-state index is 0.0400. The number of hydrogen-bond acceptors (Lipinski definition) is 6. The van der Waals surface area contributed by atoms with Gasteiger partial charge in [0, 0.05) is 12.3 Å². The smallest absolute Gasteiger partial charge is 0.266 e. The van der Waals surface area contributed by atoms with E-state index in [1.807, 2.05) is 0 Å². The van der Waals surface area contributed by atoms with Gasteiger partial charge in [0.15, 0.2) is 12.4 Å². The lowest BCUT2D eigenvalue weighted by molar-refractivity contribution is 0.264. The van der Waals surface area contributed by atoms with E-state index in [9.17, 15) is 4.39 Å². The molecule has 10 heteroatoms. The highest BCUT2D eigenvalue weighted by Crippen LogP contribution is 2.27. The number of benzene rings is 1. The first-order valence-corrected chi connectivity index (χ1v) is 8.85. The lowest BCUT2D eigenvalue weighted by atomic mass is 10.3. The summed E-state index contributed by atoms with van der Waals surface area (Å²) in [6, 6.07) is 10.8. The molecule has 3 heterocycles. The average Bonchev–Trinajstić information content (AvgIpc) is 3.28. The van der Waals surface area contributed by atoms with Crippen molar-refractivity contribution in [1.82, 2.24) is 25.0 Å². The van der Waals surface area contributed by atoms with Gasteiger partial charge in [0.25, 0.3) is 11.8 Å². The zero-order chi connectivity index (χ0) is 18.8. The van der Waals surface area contributed by atoms with Crippen LogP contribution in [0.15, 0.2) is 57.7 Å². The molecule has 136 valence electrons. The zero-order valence-corrected chi connectivity index (χ0v) is 15.9. The summed E-state index contributed by atoms with van der Waals surface area (Å²) < 4.78 is 26.2. The average molecular weight is 451 g/mol. The Bertz CT molecular complexity index is 1080. The number of hydrogen-bond donors (Lipinski definition) is 0. The maximum atomic E-state index is 12.9. The molecule has 0 bridgehead atoms. The molecule has 7 nitrogen and oxygen atoms in total. The van der Waals surface area contributed by atoms with E-state index in [-0.39, 0.29) is 24.2 Å². The van der Waals surface area contributed by atoms with E-state index in [1.165, 1.54) is 28.9 Å². The molecule has 3 aromatic heterocycles. The van der Waals surface area contributed by atoms with E-state index in [0.29, 0.717) is 26.9 Å². The van der Waals surface area contributed by atoms with Crippen LogP contribution in [-0.4, -0.2) is 25.0 Å². The quantitative estimate of drug-likeness (QED) is 0.447. The van der Waals surface area contributed by atoms with Crippen molar-refractivity contribution in [2.24, 2.45) is 0 Å². The molecule has 0 fully saturated rings. The third kappa shape index (κ3) is 3.83. The van der Waals surface area contributed by atoms with Crippen LogP contribution >= 0.6 is 27.5 Å². The molecule has 0 amide bonds. The Morgan fingerprint density at radius 2 is 2.00 bits per heavy atom. The summed E-state index contributed by atoms with van der Waals surface area (Å²) in [5.41, 5.74) is 0.517. The van der Waals surface area contributed by atoms with Gasteiger partial charge in [0.1, 0.15) is 21.9 Å². The number of aromatic nitrogens is 5. The van der Waals surface area contributed by atoms with Crippen molar-refractivity contribution in [3.63, 3.8) is 0 Å². The Morgan fingerprint density at radius 3 is 2.78 bits per heavy atom. The molecule has 0 aliphatic rings. The van der Waals surface area contributed by atoms with Crippen molar-refractivity contribution in [2.75, 3.05) is 0 Å². The summed E-state index contributed by atoms with van der Waals surface area (Å²) in [4.78, 5) is 4.24. The van der Waals surface area contributed by atoms with Crippen molar-refractivity contribution >= 4 is 27.5 Å². The first-order valence-electron chi connectivity index (χ1n) is 7.68. The fourth-order valence-corrected chi connectivity index (χ4v) is 2.87. The molecule has 0 spiro atoms. The summed E-state index contributed by atoms with van der Waals surface area (Å²) >= 11 is 9.54. The lowest BCUT2D eigenvalue weighted by Gasteiger charge is -2.05. The van der Waals surface area contributed by atoms with Gasteiger partial charge in [-0.3, -0.25) is 0 Å². The van der Waals surface area contributed by atoms with Gasteiger partial charge in [0.2, 0.25) is 0 Å². The van der Waals surface area contributed by atoms with Crippen LogP contribution in [0.5, 0.6) is 5.75 Å². The minimum Gasteiger partial charge on any atom is -0.484 e. The van der Waals surface area contributed by atoms with Crippen molar-refractivity contribution in [1.29, 1.82) is 0 Å². The number of nitrogens with zero attached hydrogens (tertiary/aromatic N) is 5. The Kier molecular flexibility index (Phi) is 4.87. The molecule has 0 radical (unpaired) electrons. The number of halogens is 3. The van der Waals surface area contributed by atoms with Crippen LogP contribution in [0.3, 0.4) is 0 Å². The fraction of sp³-hybridized carbons (Fsp3) is 0.0588. The second-order valence-electron chi connectivity index (χ2n) is 5.32. The predicted octanol–water partition coefficient (Wildman–Crippen LogP) is 4.45. The van der Waals surface area contributed by atoms with Gasteiger partial charge in [-0.25, -0.2) is 14.1 Å². The van der Waals surface area contributed by atoms with Gasteiger partial charge in [-0.1, -0.05) is 11.6 Å². The number of ether oxygens (including phenoxy) is 1. The topological polar surface area (TPSA) is 78.9 Å². The predicted molar refractivity (Wildman–Crippen MR) is 98.1 cm³/mol. The van der Waals surface area contributed by atoms with Crippen LogP contribution in [0.25, 0.3) is 17.4 Å². The van der Waals surface area contributed by atoms with E-state index >= 15 is 0 Å². The molecular weight excluding hydrogens is 441 g/mol. The van der Waals surface area contributed by atoms with Gasteiger partial charge < -0.3 is 9.15 Å². The van der Waals surface area contributed by atoms with Crippen LogP contribution in [0.2, 0.25) is 5.02 Å². The van der Waals surface area contributed by atoms with E-state index in [0.717, 1.165) is 0 Å². The molecule has 0 saturated carbocycles. The largest absolute Gasteiger partial charge is 0.484 e. The molecule has 4 aromatic rings. The Labute approximate surface area is 165 Å². The van der Waals surface area contributed by atoms with Gasteiger partial charge in [0.05, 0.1) is 5.02 Å². The molecule has 4 rings (SSSR count). The molecule has 0 aliphatic heterocycles. The second kappa shape index (κ2) is 7.45. The summed E-state index contributed by atoms with van der Waals surface area (Å²) in [5, 5.41) is 12.7. The maximum absolute atomic E-state index is 12.9. The van der Waals surface area contributed by atoms with Crippen molar-refractivity contribution in [3.05, 3.63) is 70.0 Å². The van der Waals surface area contributed by atoms with Crippen molar-refractivity contribution in [2.45, 2.75) is 6.61 Å². The summed E-state index contributed by atoms with van der Waals surface area (Å²) in [5.74, 6) is 1.07. The van der Waals surface area contributed by atoms with Crippen LogP contribution in [0.1, 0.15) is 5.89 Å². The minimum atomic E-state index is -0.338. The molecule has 0 N–H and O–H groups in total. The Hall–Kier alpha value is -2.78. The molecule has 27 heavy (non-hydrogen) atoms. The van der Waals surface area contributed by atoms with Gasteiger partial charge >= 0.3 is 0 Å². The third-order valence-corrected chi connectivity index (χ3v) is 4.16. The standard InChI is InChI=1S/C17H10BrClFN5O2/c18-14-8-13(25(24-14)16-12(19)2-1-7-21-16)17-23-22-15(27-17)9-26-11-5-3-10(20)4-6-11/h1-8H,9H2. The maximum Gasteiger partial charge on any atom is 0.266 e. The van der Waals surface area contributed by atoms with E-state index in [4.69, 9.17) is 20.8 Å². The SMILES string of the molecule is Fc1ccc(OCc2nnc(-c3cc(Br)nn3-c3ncccc3Cl)o2)cc1. The molecule has 0 atom stereocenters. The zero-order valence-electron chi connectivity index (χ0n) is 13.5. The van der Waals surface area contributed by atoms with Crippen LogP contribution < -0.4 is 4.74 Å².